The average molecular weight is 277 g/mol. The van der Waals surface area contributed by atoms with E-state index in [2.05, 4.69) is 4.98 Å². The van der Waals surface area contributed by atoms with Crippen LogP contribution in [0.4, 0.5) is 0 Å². The summed E-state index contributed by atoms with van der Waals surface area (Å²) in [6, 6.07) is 3.06. The fraction of sp³-hybridized carbons (Fsp3) is 0.455. The largest absolute Gasteiger partial charge is 0.393 e. The molecule has 1 atom stereocenters. The molecule has 0 aliphatic carbocycles. The molecule has 1 rings (SSSR count). The van der Waals surface area contributed by atoms with Crippen molar-refractivity contribution in [3.8, 4) is 0 Å². The van der Waals surface area contributed by atoms with Crippen LogP contribution in [0.3, 0.4) is 0 Å². The summed E-state index contributed by atoms with van der Waals surface area (Å²) in [4.78, 5) is 17.3. The van der Waals surface area contributed by atoms with E-state index in [4.69, 9.17) is 28.3 Å². The molecule has 1 aromatic heterocycles. The minimum Gasteiger partial charge on any atom is -0.393 e. The fourth-order valence-corrected chi connectivity index (χ4v) is 1.56. The molecule has 1 N–H and O–H groups in total. The van der Waals surface area contributed by atoms with Gasteiger partial charge in [0.05, 0.1) is 11.1 Å². The second kappa shape index (κ2) is 6.19. The number of amides is 1. The Kier molecular flexibility index (Phi) is 5.18. The molecule has 1 amide bonds. The Balaban J connectivity index is 2.78. The van der Waals surface area contributed by atoms with Crippen molar-refractivity contribution in [2.45, 2.75) is 19.4 Å². The highest BCUT2D eigenvalue weighted by atomic mass is 35.5. The number of nitrogens with zero attached hydrogens (tertiary/aromatic N) is 2. The molecule has 94 valence electrons. The lowest BCUT2D eigenvalue weighted by atomic mass is 10.2. The highest BCUT2D eigenvalue weighted by Gasteiger charge is 2.17. The third kappa shape index (κ3) is 4.15. The third-order valence-electron chi connectivity index (χ3n) is 2.24. The molecule has 1 aromatic rings. The van der Waals surface area contributed by atoms with Gasteiger partial charge in [-0.25, -0.2) is 4.98 Å². The van der Waals surface area contributed by atoms with E-state index in [1.807, 2.05) is 0 Å². The number of halogens is 2. The van der Waals surface area contributed by atoms with Crippen LogP contribution in [0.2, 0.25) is 10.2 Å². The summed E-state index contributed by atoms with van der Waals surface area (Å²) in [6.45, 7) is 2.10. The molecule has 1 unspecified atom stereocenters. The molecule has 0 bridgehead atoms. The van der Waals surface area contributed by atoms with E-state index < -0.39 is 6.10 Å². The van der Waals surface area contributed by atoms with Crippen molar-refractivity contribution < 1.29 is 9.90 Å². The van der Waals surface area contributed by atoms with Gasteiger partial charge in [-0.15, -0.1) is 0 Å². The lowest BCUT2D eigenvalue weighted by molar-refractivity contribution is 0.0763. The van der Waals surface area contributed by atoms with Gasteiger partial charge in [-0.1, -0.05) is 23.2 Å². The van der Waals surface area contributed by atoms with Gasteiger partial charge < -0.3 is 10.0 Å². The van der Waals surface area contributed by atoms with E-state index in [0.717, 1.165) is 0 Å². The van der Waals surface area contributed by atoms with Crippen molar-refractivity contribution in [1.82, 2.24) is 9.88 Å². The molecule has 6 heteroatoms. The quantitative estimate of drug-likeness (QED) is 0.859. The lowest BCUT2D eigenvalue weighted by Gasteiger charge is -2.18. The maximum atomic E-state index is 12.0. The van der Waals surface area contributed by atoms with Gasteiger partial charge in [0, 0.05) is 13.6 Å². The number of aliphatic hydroxyl groups excluding tert-OH is 1. The highest BCUT2D eigenvalue weighted by Crippen LogP contribution is 2.18. The normalized spacial score (nSPS) is 12.3. The number of hydrogen-bond acceptors (Lipinski definition) is 3. The number of hydrogen-bond donors (Lipinski definition) is 1. The monoisotopic (exact) mass is 276 g/mol. The van der Waals surface area contributed by atoms with Crippen molar-refractivity contribution in [1.29, 1.82) is 0 Å². The molecule has 0 saturated heterocycles. The topological polar surface area (TPSA) is 53.4 Å². The van der Waals surface area contributed by atoms with Crippen LogP contribution in [0.5, 0.6) is 0 Å². The van der Waals surface area contributed by atoms with Crippen LogP contribution in [-0.4, -0.2) is 40.6 Å². The van der Waals surface area contributed by atoms with Gasteiger partial charge >= 0.3 is 0 Å². The summed E-state index contributed by atoms with van der Waals surface area (Å²) >= 11 is 11.6. The van der Waals surface area contributed by atoms with E-state index in [0.29, 0.717) is 13.0 Å². The summed E-state index contributed by atoms with van der Waals surface area (Å²) in [5.74, 6) is -0.307. The molecule has 1 heterocycles. The van der Waals surface area contributed by atoms with Gasteiger partial charge in [0.25, 0.3) is 5.91 Å². The molecule has 0 aliphatic heterocycles. The second-order valence-electron chi connectivity index (χ2n) is 3.83. The number of carbonyl (C=O) groups is 1. The van der Waals surface area contributed by atoms with Crippen LogP contribution >= 0.6 is 23.2 Å². The summed E-state index contributed by atoms with van der Waals surface area (Å²) in [7, 11) is 1.63. The molecule has 0 aromatic carbocycles. The summed E-state index contributed by atoms with van der Waals surface area (Å²) < 4.78 is 0. The van der Waals surface area contributed by atoms with Gasteiger partial charge in [-0.2, -0.15) is 0 Å². The third-order valence-corrected chi connectivity index (χ3v) is 2.76. The zero-order valence-corrected chi connectivity index (χ0v) is 11.2. The minimum atomic E-state index is -0.451. The van der Waals surface area contributed by atoms with E-state index >= 15 is 0 Å². The van der Waals surface area contributed by atoms with E-state index in [1.165, 1.54) is 17.0 Å². The Hall–Kier alpha value is -0.840. The molecule has 0 radical (unpaired) electrons. The second-order valence-corrected chi connectivity index (χ2v) is 4.62. The van der Waals surface area contributed by atoms with Crippen molar-refractivity contribution >= 4 is 29.1 Å². The Bertz CT molecular complexity index is 410. The number of rotatable bonds is 4. The van der Waals surface area contributed by atoms with Crippen LogP contribution in [0.15, 0.2) is 12.1 Å². The van der Waals surface area contributed by atoms with Crippen LogP contribution in [0.25, 0.3) is 0 Å². The predicted octanol–water partition coefficient (Wildman–Crippen LogP) is 2.23. The van der Waals surface area contributed by atoms with Crippen LogP contribution in [0, 0.1) is 0 Å². The van der Waals surface area contributed by atoms with E-state index in [9.17, 15) is 4.79 Å². The Labute approximate surface area is 110 Å². The summed E-state index contributed by atoms with van der Waals surface area (Å²) in [6.07, 6.45) is 0.0495. The Morgan fingerprint density at radius 2 is 2.18 bits per heavy atom. The first kappa shape index (κ1) is 14.2. The standard InChI is InChI=1S/C11H14Cl2N2O2/c1-7(16)5-6-15(2)11(17)10-8(12)3-4-9(13)14-10/h3-4,7,16H,5-6H2,1-2H3. The maximum Gasteiger partial charge on any atom is 0.273 e. The Morgan fingerprint density at radius 1 is 1.53 bits per heavy atom. The SMILES string of the molecule is CC(O)CCN(C)C(=O)c1nc(Cl)ccc1Cl. The molecule has 0 aliphatic rings. The fourth-order valence-electron chi connectivity index (χ4n) is 1.23. The van der Waals surface area contributed by atoms with Crippen LogP contribution in [0.1, 0.15) is 23.8 Å². The van der Waals surface area contributed by atoms with Crippen molar-refractivity contribution in [2.24, 2.45) is 0 Å². The maximum absolute atomic E-state index is 12.0. The number of aliphatic hydroxyl groups is 1. The summed E-state index contributed by atoms with van der Waals surface area (Å²) in [5.41, 5.74) is 0.132. The minimum absolute atomic E-state index is 0.132. The van der Waals surface area contributed by atoms with Crippen LogP contribution < -0.4 is 0 Å². The van der Waals surface area contributed by atoms with Gasteiger partial charge in [-0.3, -0.25) is 4.79 Å². The zero-order valence-electron chi connectivity index (χ0n) is 9.65. The first-order valence-electron chi connectivity index (χ1n) is 5.17. The van der Waals surface area contributed by atoms with Gasteiger partial charge in [-0.05, 0) is 25.5 Å². The molecule has 17 heavy (non-hydrogen) atoms. The van der Waals surface area contributed by atoms with E-state index in [-0.39, 0.29) is 21.8 Å². The average Bonchev–Trinajstić information content (AvgIpc) is 2.28. The van der Waals surface area contributed by atoms with E-state index in [1.54, 1.807) is 14.0 Å². The first-order valence-corrected chi connectivity index (χ1v) is 5.93. The predicted molar refractivity (Wildman–Crippen MR) is 67.5 cm³/mol. The van der Waals surface area contributed by atoms with Crippen molar-refractivity contribution in [2.75, 3.05) is 13.6 Å². The van der Waals surface area contributed by atoms with Crippen molar-refractivity contribution in [3.05, 3.63) is 28.0 Å². The molecule has 4 nitrogen and oxygen atoms in total. The Morgan fingerprint density at radius 3 is 2.76 bits per heavy atom. The molecule has 0 fully saturated rings. The van der Waals surface area contributed by atoms with Gasteiger partial charge in [0.15, 0.2) is 0 Å². The summed E-state index contributed by atoms with van der Waals surface area (Å²) in [5, 5.41) is 9.64. The molecular weight excluding hydrogens is 263 g/mol. The number of aromatic nitrogens is 1. The zero-order chi connectivity index (χ0) is 13.0. The molecule has 0 saturated carbocycles. The van der Waals surface area contributed by atoms with Gasteiger partial charge in [0.2, 0.25) is 0 Å². The van der Waals surface area contributed by atoms with Crippen molar-refractivity contribution in [3.63, 3.8) is 0 Å². The molecular formula is C11H14Cl2N2O2. The van der Waals surface area contributed by atoms with Gasteiger partial charge in [0.1, 0.15) is 10.8 Å². The number of pyridine rings is 1. The van der Waals surface area contributed by atoms with Crippen LogP contribution in [-0.2, 0) is 0 Å². The lowest BCUT2D eigenvalue weighted by Crippen LogP contribution is -2.30. The highest BCUT2D eigenvalue weighted by molar-refractivity contribution is 6.34. The smallest absolute Gasteiger partial charge is 0.273 e. The first-order chi connectivity index (χ1) is 7.91. The molecule has 0 spiro atoms. The number of carbonyl (C=O) groups excluding carboxylic acids is 1.